The van der Waals surface area contributed by atoms with Crippen molar-refractivity contribution >= 4 is 17.5 Å². The smallest absolute Gasteiger partial charge is 0.250 e. The molecule has 14 heavy (non-hydrogen) atoms. The number of primary amides is 1. The van der Waals surface area contributed by atoms with Gasteiger partial charge < -0.3 is 16.6 Å². The fourth-order valence-corrected chi connectivity index (χ4v) is 1.20. The highest BCUT2D eigenvalue weighted by molar-refractivity contribution is 6.30. The Hall–Kier alpha value is -1.17. The summed E-state index contributed by atoms with van der Waals surface area (Å²) in [6.07, 6.45) is 1.26. The first kappa shape index (κ1) is 10.9. The predicted octanol–water partition coefficient (Wildman–Crippen LogP) is -0.174. The highest BCUT2D eigenvalue weighted by Gasteiger charge is 2.12. The van der Waals surface area contributed by atoms with Crippen LogP contribution in [-0.2, 0) is 0 Å². The van der Waals surface area contributed by atoms with Gasteiger partial charge in [0.1, 0.15) is 5.15 Å². The molecule has 6 heteroatoms. The molecule has 0 aliphatic carbocycles. The van der Waals surface area contributed by atoms with E-state index in [4.69, 9.17) is 28.2 Å². The van der Waals surface area contributed by atoms with Crippen molar-refractivity contribution in [2.24, 2.45) is 11.5 Å². The zero-order valence-corrected chi connectivity index (χ0v) is 8.03. The van der Waals surface area contributed by atoms with Crippen LogP contribution in [-0.4, -0.2) is 22.6 Å². The molecule has 0 aliphatic heterocycles. The van der Waals surface area contributed by atoms with E-state index < -0.39 is 11.9 Å². The summed E-state index contributed by atoms with van der Waals surface area (Å²) in [4.78, 5) is 14.6. The van der Waals surface area contributed by atoms with E-state index in [1.807, 2.05) is 0 Å². The van der Waals surface area contributed by atoms with E-state index in [2.05, 4.69) is 4.98 Å². The molecule has 0 unspecified atom stereocenters. The van der Waals surface area contributed by atoms with E-state index in [9.17, 15) is 4.79 Å². The first-order valence-corrected chi connectivity index (χ1v) is 4.25. The molecule has 1 heterocycles. The van der Waals surface area contributed by atoms with Crippen LogP contribution >= 0.6 is 11.6 Å². The van der Waals surface area contributed by atoms with Gasteiger partial charge in [-0.3, -0.25) is 4.79 Å². The Kier molecular flexibility index (Phi) is 3.40. The molecule has 1 rings (SSSR count). The van der Waals surface area contributed by atoms with Crippen LogP contribution in [0.3, 0.4) is 0 Å². The fourth-order valence-electron chi connectivity index (χ4n) is 0.958. The third-order valence-electron chi connectivity index (χ3n) is 1.75. The monoisotopic (exact) mass is 215 g/mol. The topological polar surface area (TPSA) is 102 Å². The maximum Gasteiger partial charge on any atom is 0.250 e. The van der Waals surface area contributed by atoms with Crippen LogP contribution in [0.5, 0.6) is 0 Å². The number of aromatic nitrogens is 1. The average molecular weight is 216 g/mol. The van der Waals surface area contributed by atoms with Gasteiger partial charge in [0.2, 0.25) is 5.91 Å². The van der Waals surface area contributed by atoms with Crippen LogP contribution in [0.25, 0.3) is 0 Å². The largest absolute Gasteiger partial charge is 0.394 e. The lowest BCUT2D eigenvalue weighted by molar-refractivity contribution is 0.0999. The minimum Gasteiger partial charge on any atom is -0.394 e. The molecule has 0 aromatic carbocycles. The SMILES string of the molecule is NC(=O)c1cnc(Cl)c([C@H](N)CO)c1. The molecular formula is C8H10ClN3O2. The summed E-state index contributed by atoms with van der Waals surface area (Å²) in [5.41, 5.74) is 11.2. The predicted molar refractivity (Wildman–Crippen MR) is 51.8 cm³/mol. The van der Waals surface area contributed by atoms with Crippen molar-refractivity contribution in [3.8, 4) is 0 Å². The Balaban J connectivity index is 3.14. The third kappa shape index (κ3) is 2.20. The highest BCUT2D eigenvalue weighted by atomic mass is 35.5. The second-order valence-electron chi connectivity index (χ2n) is 2.76. The first-order chi connectivity index (χ1) is 6.56. The van der Waals surface area contributed by atoms with Crippen molar-refractivity contribution in [2.45, 2.75) is 6.04 Å². The van der Waals surface area contributed by atoms with Gasteiger partial charge in [-0.05, 0) is 6.07 Å². The molecule has 0 fully saturated rings. The minimum atomic E-state index is -0.658. The molecule has 0 radical (unpaired) electrons. The molecule has 0 saturated carbocycles. The van der Waals surface area contributed by atoms with Gasteiger partial charge in [0, 0.05) is 11.8 Å². The number of hydrogen-bond acceptors (Lipinski definition) is 4. The Bertz CT molecular complexity index is 356. The number of aliphatic hydroxyl groups excluding tert-OH is 1. The van der Waals surface area contributed by atoms with Gasteiger partial charge in [-0.25, -0.2) is 4.98 Å². The summed E-state index contributed by atoms with van der Waals surface area (Å²) in [5, 5.41) is 8.98. The van der Waals surface area contributed by atoms with Crippen molar-refractivity contribution in [1.82, 2.24) is 4.98 Å². The molecule has 1 atom stereocenters. The van der Waals surface area contributed by atoms with E-state index >= 15 is 0 Å². The molecule has 0 aliphatic rings. The number of hydrogen-bond donors (Lipinski definition) is 3. The number of aliphatic hydroxyl groups is 1. The first-order valence-electron chi connectivity index (χ1n) is 3.88. The zero-order valence-electron chi connectivity index (χ0n) is 7.27. The molecule has 1 aromatic rings. The van der Waals surface area contributed by atoms with Crippen molar-refractivity contribution < 1.29 is 9.90 Å². The maximum atomic E-state index is 10.8. The van der Waals surface area contributed by atoms with Gasteiger partial charge in [-0.1, -0.05) is 11.6 Å². The second kappa shape index (κ2) is 4.36. The van der Waals surface area contributed by atoms with Crippen molar-refractivity contribution in [3.63, 3.8) is 0 Å². The van der Waals surface area contributed by atoms with Crippen molar-refractivity contribution in [2.75, 3.05) is 6.61 Å². The Morgan fingerprint density at radius 2 is 2.36 bits per heavy atom. The number of carbonyl (C=O) groups excluding carboxylic acids is 1. The van der Waals surface area contributed by atoms with E-state index in [0.717, 1.165) is 0 Å². The quantitative estimate of drug-likeness (QED) is 0.609. The number of carbonyl (C=O) groups is 1. The summed E-state index contributed by atoms with van der Waals surface area (Å²) in [5.74, 6) is -0.611. The van der Waals surface area contributed by atoms with Crippen LogP contribution in [0.15, 0.2) is 12.3 Å². The summed E-state index contributed by atoms with van der Waals surface area (Å²) < 4.78 is 0. The summed E-state index contributed by atoms with van der Waals surface area (Å²) in [6.45, 7) is -0.274. The fraction of sp³-hybridized carbons (Fsp3) is 0.250. The molecule has 76 valence electrons. The van der Waals surface area contributed by atoms with Gasteiger partial charge >= 0.3 is 0 Å². The maximum absolute atomic E-state index is 10.8. The van der Waals surface area contributed by atoms with Gasteiger partial charge in [-0.2, -0.15) is 0 Å². The standard InChI is InChI=1S/C8H10ClN3O2/c9-7-5(6(10)3-13)1-4(2-12-7)8(11)14/h1-2,6,13H,3,10H2,(H2,11,14)/t6-/m1/s1. The van der Waals surface area contributed by atoms with E-state index in [-0.39, 0.29) is 17.3 Å². The molecule has 0 spiro atoms. The number of halogens is 1. The van der Waals surface area contributed by atoms with Crippen molar-refractivity contribution in [1.29, 1.82) is 0 Å². The van der Waals surface area contributed by atoms with Crippen LogP contribution in [0.1, 0.15) is 22.0 Å². The van der Waals surface area contributed by atoms with Crippen LogP contribution in [0, 0.1) is 0 Å². The third-order valence-corrected chi connectivity index (χ3v) is 2.06. The Morgan fingerprint density at radius 1 is 1.71 bits per heavy atom. The normalized spacial score (nSPS) is 12.5. The molecule has 0 bridgehead atoms. The van der Waals surface area contributed by atoms with E-state index in [1.165, 1.54) is 12.3 Å². The van der Waals surface area contributed by atoms with Gasteiger partial charge in [-0.15, -0.1) is 0 Å². The van der Waals surface area contributed by atoms with Gasteiger partial charge in [0.25, 0.3) is 0 Å². The summed E-state index contributed by atoms with van der Waals surface area (Å²) >= 11 is 5.72. The van der Waals surface area contributed by atoms with Crippen LogP contribution in [0.4, 0.5) is 0 Å². The minimum absolute atomic E-state index is 0.163. The number of pyridine rings is 1. The van der Waals surface area contributed by atoms with E-state index in [0.29, 0.717) is 5.56 Å². The molecule has 1 amide bonds. The summed E-state index contributed by atoms with van der Waals surface area (Å²) in [7, 11) is 0. The lowest BCUT2D eigenvalue weighted by atomic mass is 10.1. The highest BCUT2D eigenvalue weighted by Crippen LogP contribution is 2.19. The van der Waals surface area contributed by atoms with Crippen LogP contribution in [0.2, 0.25) is 5.15 Å². The Morgan fingerprint density at radius 3 is 2.86 bits per heavy atom. The molecule has 0 saturated heterocycles. The van der Waals surface area contributed by atoms with Crippen LogP contribution < -0.4 is 11.5 Å². The molecule has 5 nitrogen and oxygen atoms in total. The number of nitrogens with two attached hydrogens (primary N) is 2. The van der Waals surface area contributed by atoms with E-state index in [1.54, 1.807) is 0 Å². The van der Waals surface area contributed by atoms with Gasteiger partial charge in [0.15, 0.2) is 0 Å². The van der Waals surface area contributed by atoms with Crippen molar-refractivity contribution in [3.05, 3.63) is 28.5 Å². The molecule has 1 aromatic heterocycles. The lowest BCUT2D eigenvalue weighted by Crippen LogP contribution is -2.18. The number of rotatable bonds is 3. The number of nitrogens with zero attached hydrogens (tertiary/aromatic N) is 1. The molecular weight excluding hydrogens is 206 g/mol. The lowest BCUT2D eigenvalue weighted by Gasteiger charge is -2.10. The summed E-state index contributed by atoms with van der Waals surface area (Å²) in [6, 6.07) is 0.771. The Labute approximate surface area is 85.7 Å². The molecule has 5 N–H and O–H groups in total. The number of amides is 1. The van der Waals surface area contributed by atoms with Gasteiger partial charge in [0.05, 0.1) is 18.2 Å². The average Bonchev–Trinajstić information content (AvgIpc) is 2.17. The second-order valence-corrected chi connectivity index (χ2v) is 3.12. The zero-order chi connectivity index (χ0) is 10.7.